The van der Waals surface area contributed by atoms with Gasteiger partial charge >= 0.3 is 6.03 Å². The highest BCUT2D eigenvalue weighted by Crippen LogP contribution is 2.63. The minimum absolute atomic E-state index is 0.0367. The lowest BCUT2D eigenvalue weighted by molar-refractivity contribution is -0.129. The molecule has 3 amide bonds. The van der Waals surface area contributed by atoms with E-state index in [4.69, 9.17) is 5.73 Å². The third kappa shape index (κ3) is 3.44. The summed E-state index contributed by atoms with van der Waals surface area (Å²) in [6.07, 6.45) is 7.13. The molecule has 6 heteroatoms. The number of anilines is 1. The van der Waals surface area contributed by atoms with E-state index in [2.05, 4.69) is 29.7 Å². The van der Waals surface area contributed by atoms with E-state index in [9.17, 15) is 9.59 Å². The molecule has 5 aliphatic rings. The fourth-order valence-electron chi connectivity index (χ4n) is 7.26. The van der Waals surface area contributed by atoms with Crippen molar-refractivity contribution in [3.63, 3.8) is 0 Å². The van der Waals surface area contributed by atoms with E-state index in [1.54, 1.807) is 6.92 Å². The summed E-state index contributed by atoms with van der Waals surface area (Å²) in [7, 11) is 0. The molecular formula is C24H34N4O2. The molecule has 4 aliphatic carbocycles. The number of piperidine rings is 1. The van der Waals surface area contributed by atoms with E-state index in [1.165, 1.54) is 24.0 Å². The van der Waals surface area contributed by atoms with Crippen LogP contribution in [0.5, 0.6) is 0 Å². The normalized spacial score (nSPS) is 34.9. The summed E-state index contributed by atoms with van der Waals surface area (Å²) in [5.41, 5.74) is 9.98. The Morgan fingerprint density at radius 1 is 1.07 bits per heavy atom. The van der Waals surface area contributed by atoms with Crippen molar-refractivity contribution in [2.24, 2.45) is 5.41 Å². The number of likely N-dealkylation sites (tertiary alicyclic amines) is 1. The summed E-state index contributed by atoms with van der Waals surface area (Å²) in [5, 5.41) is 6.67. The van der Waals surface area contributed by atoms with Crippen molar-refractivity contribution < 1.29 is 9.59 Å². The van der Waals surface area contributed by atoms with Crippen LogP contribution in [0.1, 0.15) is 81.8 Å². The van der Waals surface area contributed by atoms with Crippen LogP contribution in [0.15, 0.2) is 18.2 Å². The number of urea groups is 1. The van der Waals surface area contributed by atoms with Crippen LogP contribution in [0.2, 0.25) is 0 Å². The summed E-state index contributed by atoms with van der Waals surface area (Å²) in [4.78, 5) is 26.4. The van der Waals surface area contributed by atoms with Crippen molar-refractivity contribution >= 4 is 17.6 Å². The lowest BCUT2D eigenvalue weighted by atomic mass is 9.55. The predicted octanol–water partition coefficient (Wildman–Crippen LogP) is 3.48. The largest absolute Gasteiger partial charge is 0.399 e. The SMILES string of the molecule is CC(=O)N1CCC(NC(=O)NC23CC4CC(C)(CC(C2)c2cc(N)ccc24)C3)CC1. The summed E-state index contributed by atoms with van der Waals surface area (Å²) < 4.78 is 0. The topological polar surface area (TPSA) is 87.5 Å². The zero-order valence-electron chi connectivity index (χ0n) is 18.2. The molecule has 1 aromatic carbocycles. The van der Waals surface area contributed by atoms with E-state index < -0.39 is 0 Å². The first-order valence-electron chi connectivity index (χ1n) is 11.5. The van der Waals surface area contributed by atoms with Crippen molar-refractivity contribution in [1.82, 2.24) is 15.5 Å². The third-order valence-corrected chi connectivity index (χ3v) is 8.16. The quantitative estimate of drug-likeness (QED) is 0.652. The molecule has 4 bridgehead atoms. The van der Waals surface area contributed by atoms with Gasteiger partial charge in [0, 0.05) is 37.3 Å². The van der Waals surface area contributed by atoms with Crippen LogP contribution in [-0.4, -0.2) is 41.5 Å². The number of nitrogens with two attached hydrogens (primary N) is 1. The van der Waals surface area contributed by atoms with Gasteiger partial charge in [-0.2, -0.15) is 0 Å². The van der Waals surface area contributed by atoms with E-state index >= 15 is 0 Å². The zero-order chi connectivity index (χ0) is 21.1. The number of amides is 3. The van der Waals surface area contributed by atoms with Crippen LogP contribution in [-0.2, 0) is 4.79 Å². The molecule has 1 heterocycles. The molecular weight excluding hydrogens is 376 g/mol. The lowest BCUT2D eigenvalue weighted by Crippen LogP contribution is -2.60. The first-order chi connectivity index (χ1) is 14.2. The van der Waals surface area contributed by atoms with Crippen LogP contribution >= 0.6 is 0 Å². The Balaban J connectivity index is 1.31. The van der Waals surface area contributed by atoms with Gasteiger partial charge in [-0.05, 0) is 85.5 Å². The second-order valence-corrected chi connectivity index (χ2v) is 10.7. The monoisotopic (exact) mass is 410 g/mol. The molecule has 162 valence electrons. The molecule has 0 spiro atoms. The molecule has 6 rings (SSSR count). The summed E-state index contributed by atoms with van der Waals surface area (Å²) in [5.74, 6) is 1.08. The first kappa shape index (κ1) is 19.7. The standard InChI is InChI=1S/C24H34N4O2/c1-15(29)28-7-5-19(6-8-28)26-22(30)27-24-12-16-10-23(2,14-24)11-17(13-24)21-9-18(25)3-4-20(16)21/h3-4,9,16-17,19H,5-8,10-14,25H2,1-2H3,(H2,26,27,30). The average molecular weight is 411 g/mol. The lowest BCUT2D eigenvalue weighted by Gasteiger charge is -2.54. The third-order valence-electron chi connectivity index (χ3n) is 8.16. The van der Waals surface area contributed by atoms with Crippen LogP contribution in [0.3, 0.4) is 0 Å². The van der Waals surface area contributed by atoms with E-state index in [0.717, 1.165) is 50.9 Å². The fraction of sp³-hybridized carbons (Fsp3) is 0.667. The van der Waals surface area contributed by atoms with Crippen LogP contribution in [0.4, 0.5) is 10.5 Å². The predicted molar refractivity (Wildman–Crippen MR) is 117 cm³/mol. The molecule has 3 fully saturated rings. The fourth-order valence-corrected chi connectivity index (χ4v) is 7.26. The number of nitrogens with zero attached hydrogens (tertiary/aromatic N) is 1. The molecule has 0 radical (unpaired) electrons. The van der Waals surface area contributed by atoms with Gasteiger partial charge in [0.1, 0.15) is 0 Å². The van der Waals surface area contributed by atoms with Crippen LogP contribution in [0, 0.1) is 5.41 Å². The van der Waals surface area contributed by atoms with Crippen molar-refractivity contribution in [3.8, 4) is 0 Å². The summed E-state index contributed by atoms with van der Waals surface area (Å²) >= 11 is 0. The van der Waals surface area contributed by atoms with Crippen molar-refractivity contribution in [2.45, 2.75) is 82.2 Å². The average Bonchev–Trinajstić information content (AvgIpc) is 2.79. The highest BCUT2D eigenvalue weighted by molar-refractivity contribution is 5.76. The molecule has 4 atom stereocenters. The number of carbonyl (C=O) groups excluding carboxylic acids is 2. The number of rotatable bonds is 2. The van der Waals surface area contributed by atoms with E-state index in [-0.39, 0.29) is 28.9 Å². The van der Waals surface area contributed by atoms with Crippen molar-refractivity contribution in [3.05, 3.63) is 29.3 Å². The minimum Gasteiger partial charge on any atom is -0.399 e. The molecule has 1 aromatic rings. The Kier molecular flexibility index (Phi) is 4.53. The van der Waals surface area contributed by atoms with Crippen LogP contribution < -0.4 is 16.4 Å². The van der Waals surface area contributed by atoms with E-state index in [0.29, 0.717) is 11.8 Å². The molecule has 4 N–H and O–H groups in total. The van der Waals surface area contributed by atoms with Crippen molar-refractivity contribution in [2.75, 3.05) is 18.8 Å². The molecule has 2 saturated carbocycles. The van der Waals surface area contributed by atoms with Gasteiger partial charge in [-0.1, -0.05) is 13.0 Å². The van der Waals surface area contributed by atoms with Gasteiger partial charge in [0.2, 0.25) is 5.91 Å². The van der Waals surface area contributed by atoms with Gasteiger partial charge in [-0.25, -0.2) is 4.79 Å². The Hall–Kier alpha value is -2.24. The summed E-state index contributed by atoms with van der Waals surface area (Å²) in [6.45, 7) is 5.48. The second-order valence-electron chi connectivity index (χ2n) is 10.7. The highest BCUT2D eigenvalue weighted by Gasteiger charge is 2.55. The van der Waals surface area contributed by atoms with Gasteiger partial charge in [0.05, 0.1) is 0 Å². The zero-order valence-corrected chi connectivity index (χ0v) is 18.2. The maximum Gasteiger partial charge on any atom is 0.315 e. The highest BCUT2D eigenvalue weighted by atomic mass is 16.2. The number of hydrogen-bond donors (Lipinski definition) is 3. The van der Waals surface area contributed by atoms with Crippen molar-refractivity contribution in [1.29, 1.82) is 0 Å². The second kappa shape index (κ2) is 6.89. The summed E-state index contributed by atoms with van der Waals surface area (Å²) in [6, 6.07) is 6.56. The van der Waals surface area contributed by atoms with E-state index in [1.807, 2.05) is 11.0 Å². The number of carbonyl (C=O) groups is 2. The number of nitrogens with one attached hydrogen (secondary N) is 2. The molecule has 1 aliphatic heterocycles. The minimum atomic E-state index is -0.140. The molecule has 4 unspecified atom stereocenters. The molecule has 30 heavy (non-hydrogen) atoms. The Morgan fingerprint density at radius 2 is 1.73 bits per heavy atom. The van der Waals surface area contributed by atoms with Gasteiger partial charge in [0.15, 0.2) is 0 Å². The molecule has 0 aromatic heterocycles. The maximum absolute atomic E-state index is 13.0. The first-order valence-corrected chi connectivity index (χ1v) is 11.5. The number of hydrogen-bond acceptors (Lipinski definition) is 3. The Morgan fingerprint density at radius 3 is 2.40 bits per heavy atom. The van der Waals surface area contributed by atoms with Gasteiger partial charge < -0.3 is 21.3 Å². The van der Waals surface area contributed by atoms with Gasteiger partial charge in [0.25, 0.3) is 0 Å². The maximum atomic E-state index is 13.0. The van der Waals surface area contributed by atoms with Crippen LogP contribution in [0.25, 0.3) is 0 Å². The Bertz CT molecular complexity index is 878. The Labute approximate surface area is 178 Å². The molecule has 1 saturated heterocycles. The number of nitrogen functional groups attached to an aromatic ring is 1. The smallest absolute Gasteiger partial charge is 0.315 e. The number of benzene rings is 1. The van der Waals surface area contributed by atoms with Gasteiger partial charge in [-0.15, -0.1) is 0 Å². The molecule has 6 nitrogen and oxygen atoms in total. The van der Waals surface area contributed by atoms with Gasteiger partial charge in [-0.3, -0.25) is 4.79 Å².